The van der Waals surface area contributed by atoms with Crippen LogP contribution in [0.25, 0.3) is 11.1 Å². The molecular weight excluding hydrogens is 899 g/mol. The first-order valence-corrected chi connectivity index (χ1v) is 22.4. The summed E-state index contributed by atoms with van der Waals surface area (Å²) >= 11 is 0. The molecule has 0 saturated heterocycles. The number of ether oxygens (including phenoxy) is 8. The molecule has 0 aliphatic carbocycles. The normalized spacial score (nSPS) is 11.5. The van der Waals surface area contributed by atoms with E-state index in [4.69, 9.17) is 37.9 Å². The highest BCUT2D eigenvalue weighted by Crippen LogP contribution is 2.47. The van der Waals surface area contributed by atoms with Crippen molar-refractivity contribution >= 4 is 36.2 Å². The van der Waals surface area contributed by atoms with Gasteiger partial charge >= 0.3 is 30.3 Å². The van der Waals surface area contributed by atoms with Crippen molar-refractivity contribution in [3.8, 4) is 34.1 Å². The van der Waals surface area contributed by atoms with Gasteiger partial charge in [-0.25, -0.2) is 24.0 Å². The number of amides is 5. The Bertz CT molecular complexity index is 2240. The number of carboxylic acid groups (broad SMARTS) is 1. The van der Waals surface area contributed by atoms with Crippen LogP contribution in [-0.2, 0) is 25.5 Å². The van der Waals surface area contributed by atoms with E-state index in [-0.39, 0.29) is 93.3 Å². The lowest BCUT2D eigenvalue weighted by Crippen LogP contribution is -2.35. The number of para-hydroxylation sites is 1. The smallest absolute Gasteiger partial charge is 0.407 e. The Hall–Kier alpha value is -7.12. The third-order valence-corrected chi connectivity index (χ3v) is 8.38. The summed E-state index contributed by atoms with van der Waals surface area (Å²) < 4.78 is 46.9. The Morgan fingerprint density at radius 1 is 0.435 bits per heavy atom. The SMILES string of the molecule is CC(C)(C)OC(=O)NCCOc1cccc(-c2ccc(CNC(=O)c3ccccc3C(=O)O)c(OCCNC(=O)OC(C)(C)C)c2OCCNC(=O)OC(C)(C)C)c1OCCNC(=O)OC(C)(C)C. The van der Waals surface area contributed by atoms with Gasteiger partial charge in [-0.05, 0) is 107 Å². The average Bonchev–Trinajstić information content (AvgIpc) is 3.21. The standard InChI is InChI=1S/C49H69N5O15/c1-46(2,3)66-42(58)50-22-26-62-36-19-15-18-32(38(36)64-28-24-52-44(60)68-48(7,8)9)33-21-20-31(30-54-40(55)34-16-13-14-17-35(34)41(56)57)37(63-27-23-51-43(59)67-47(4,5)6)39(33)65-29-25-53-45(61)69-49(10,11)12/h13-21H,22-30H2,1-12H3,(H,50,58)(H,51,59)(H,52,60)(H,53,61)(H,54,55)(H,56,57). The van der Waals surface area contributed by atoms with Gasteiger partial charge in [0.15, 0.2) is 23.0 Å². The second-order valence-corrected chi connectivity index (χ2v) is 19.2. The van der Waals surface area contributed by atoms with E-state index in [1.807, 2.05) is 0 Å². The highest BCUT2D eigenvalue weighted by Gasteiger charge is 2.26. The fourth-order valence-corrected chi connectivity index (χ4v) is 5.87. The quantitative estimate of drug-likeness (QED) is 0.0444. The van der Waals surface area contributed by atoms with Gasteiger partial charge < -0.3 is 69.6 Å². The fraction of sp³-hybridized carbons (Fsp3) is 0.510. The number of carbonyl (C=O) groups excluding carboxylic acids is 5. The number of hydrogen-bond donors (Lipinski definition) is 6. The largest absolute Gasteiger partial charge is 0.488 e. The van der Waals surface area contributed by atoms with E-state index >= 15 is 0 Å². The van der Waals surface area contributed by atoms with Gasteiger partial charge in [0.2, 0.25) is 0 Å². The summed E-state index contributed by atoms with van der Waals surface area (Å²) in [7, 11) is 0. The highest BCUT2D eigenvalue weighted by molar-refractivity contribution is 6.04. The first kappa shape index (κ1) is 56.2. The number of aromatic carboxylic acids is 1. The molecule has 0 radical (unpaired) electrons. The lowest BCUT2D eigenvalue weighted by molar-refractivity contribution is 0.0507. The van der Waals surface area contributed by atoms with E-state index in [1.54, 1.807) is 119 Å². The van der Waals surface area contributed by atoms with Gasteiger partial charge in [0.05, 0.1) is 37.3 Å². The third-order valence-electron chi connectivity index (χ3n) is 8.38. The van der Waals surface area contributed by atoms with Crippen LogP contribution in [0.1, 0.15) is 109 Å². The van der Waals surface area contributed by atoms with Crippen molar-refractivity contribution in [1.82, 2.24) is 26.6 Å². The first-order valence-electron chi connectivity index (χ1n) is 22.4. The molecule has 0 aliphatic rings. The molecule has 3 aromatic rings. The van der Waals surface area contributed by atoms with Crippen LogP contribution in [0.2, 0.25) is 0 Å². The van der Waals surface area contributed by atoms with Crippen molar-refractivity contribution in [2.75, 3.05) is 52.6 Å². The predicted octanol–water partition coefficient (Wildman–Crippen LogP) is 7.60. The lowest BCUT2D eigenvalue weighted by atomic mass is 9.99. The summed E-state index contributed by atoms with van der Waals surface area (Å²) in [5, 5.41) is 23.2. The second kappa shape index (κ2) is 25.3. The summed E-state index contributed by atoms with van der Waals surface area (Å²) in [5.74, 6) is -1.32. The maximum absolute atomic E-state index is 13.5. The van der Waals surface area contributed by atoms with Crippen LogP contribution >= 0.6 is 0 Å². The van der Waals surface area contributed by atoms with Crippen LogP contribution in [0.15, 0.2) is 54.6 Å². The number of carboxylic acids is 1. The Morgan fingerprint density at radius 2 is 0.826 bits per heavy atom. The minimum Gasteiger partial charge on any atom is -0.488 e. The van der Waals surface area contributed by atoms with E-state index in [9.17, 15) is 33.9 Å². The van der Waals surface area contributed by atoms with Gasteiger partial charge in [-0.15, -0.1) is 0 Å². The summed E-state index contributed by atoms with van der Waals surface area (Å²) in [4.78, 5) is 75.6. The van der Waals surface area contributed by atoms with E-state index in [2.05, 4.69) is 26.6 Å². The summed E-state index contributed by atoms with van der Waals surface area (Å²) in [5.41, 5.74) is -2.12. The molecule has 0 spiro atoms. The van der Waals surface area contributed by atoms with E-state index in [1.165, 1.54) is 18.2 Å². The van der Waals surface area contributed by atoms with Gasteiger partial charge in [-0.2, -0.15) is 0 Å². The van der Waals surface area contributed by atoms with Crippen LogP contribution in [0.4, 0.5) is 19.2 Å². The number of alkyl carbamates (subject to hydrolysis) is 4. The van der Waals surface area contributed by atoms with Crippen molar-refractivity contribution in [3.05, 3.63) is 71.3 Å². The highest BCUT2D eigenvalue weighted by atomic mass is 16.6. The molecule has 0 saturated carbocycles. The van der Waals surface area contributed by atoms with E-state index in [0.29, 0.717) is 16.7 Å². The molecule has 3 aromatic carbocycles. The molecule has 5 amide bonds. The predicted molar refractivity (Wildman–Crippen MR) is 255 cm³/mol. The molecule has 20 heteroatoms. The number of benzene rings is 3. The molecule has 3 rings (SSSR count). The topological polar surface area (TPSA) is 257 Å². The van der Waals surface area contributed by atoms with E-state index < -0.39 is 58.7 Å². The molecule has 6 N–H and O–H groups in total. The molecule has 380 valence electrons. The Labute approximate surface area is 403 Å². The van der Waals surface area contributed by atoms with Crippen LogP contribution in [0.5, 0.6) is 23.0 Å². The molecule has 0 aromatic heterocycles. The molecule has 0 bridgehead atoms. The molecule has 0 fully saturated rings. The Kier molecular flexibility index (Phi) is 20.6. The monoisotopic (exact) mass is 967 g/mol. The average molecular weight is 968 g/mol. The van der Waals surface area contributed by atoms with Crippen molar-refractivity contribution in [2.24, 2.45) is 0 Å². The zero-order valence-electron chi connectivity index (χ0n) is 41.7. The Balaban J connectivity index is 2.17. The van der Waals surface area contributed by atoms with Crippen LogP contribution in [-0.4, -0.2) is 116 Å². The fourth-order valence-electron chi connectivity index (χ4n) is 5.87. The van der Waals surface area contributed by atoms with Crippen LogP contribution in [0, 0.1) is 0 Å². The van der Waals surface area contributed by atoms with Crippen LogP contribution < -0.4 is 45.5 Å². The van der Waals surface area contributed by atoms with Gasteiger partial charge in [0.25, 0.3) is 5.91 Å². The van der Waals surface area contributed by atoms with Gasteiger partial charge in [-0.3, -0.25) is 4.79 Å². The van der Waals surface area contributed by atoms with Crippen molar-refractivity contribution in [1.29, 1.82) is 0 Å². The number of rotatable bonds is 21. The van der Waals surface area contributed by atoms with Gasteiger partial charge in [0.1, 0.15) is 48.8 Å². The summed E-state index contributed by atoms with van der Waals surface area (Å²) in [6, 6.07) is 14.2. The van der Waals surface area contributed by atoms with Gasteiger partial charge in [0, 0.05) is 23.2 Å². The second-order valence-electron chi connectivity index (χ2n) is 19.2. The number of hydrogen-bond acceptors (Lipinski definition) is 14. The maximum Gasteiger partial charge on any atom is 0.407 e. The molecule has 0 atom stereocenters. The molecule has 0 heterocycles. The van der Waals surface area contributed by atoms with E-state index in [0.717, 1.165) is 0 Å². The third kappa shape index (κ3) is 21.2. The molecule has 0 unspecified atom stereocenters. The minimum absolute atomic E-state index is 0.0163. The molecule has 69 heavy (non-hydrogen) atoms. The molecule has 20 nitrogen and oxygen atoms in total. The molecule has 0 aliphatic heterocycles. The summed E-state index contributed by atoms with van der Waals surface area (Å²) in [6.07, 6.45) is -2.66. The van der Waals surface area contributed by atoms with Crippen LogP contribution in [0.3, 0.4) is 0 Å². The zero-order valence-corrected chi connectivity index (χ0v) is 41.7. The zero-order chi connectivity index (χ0) is 51.6. The van der Waals surface area contributed by atoms with Crippen molar-refractivity contribution < 1.29 is 71.8 Å². The minimum atomic E-state index is -1.29. The number of carbonyl (C=O) groups is 6. The summed E-state index contributed by atoms with van der Waals surface area (Å²) in [6.45, 7) is 20.3. The lowest BCUT2D eigenvalue weighted by Gasteiger charge is -2.23. The van der Waals surface area contributed by atoms with Gasteiger partial charge in [-0.1, -0.05) is 30.3 Å². The Morgan fingerprint density at radius 3 is 1.26 bits per heavy atom. The van der Waals surface area contributed by atoms with Crippen molar-refractivity contribution in [3.63, 3.8) is 0 Å². The molecular formula is C49H69N5O15. The maximum atomic E-state index is 13.5. The number of nitrogens with one attached hydrogen (secondary N) is 5. The van der Waals surface area contributed by atoms with Crippen molar-refractivity contribution in [2.45, 2.75) is 112 Å². The first-order chi connectivity index (χ1) is 32.1.